The third-order valence-electron chi connectivity index (χ3n) is 3.73. The summed E-state index contributed by atoms with van der Waals surface area (Å²) in [7, 11) is 0. The van der Waals surface area contributed by atoms with E-state index in [-0.39, 0.29) is 0 Å². The van der Waals surface area contributed by atoms with Crippen molar-refractivity contribution in [3.63, 3.8) is 0 Å². The van der Waals surface area contributed by atoms with E-state index < -0.39 is 6.17 Å². The largest absolute Gasteiger partial charge is 0.294 e. The summed E-state index contributed by atoms with van der Waals surface area (Å²) in [5, 5.41) is 0. The molecule has 0 N–H and O–H groups in total. The van der Waals surface area contributed by atoms with Gasteiger partial charge in [-0.2, -0.15) is 0 Å². The Kier molecular flexibility index (Phi) is 2.87. The van der Waals surface area contributed by atoms with Crippen molar-refractivity contribution in [2.24, 2.45) is 5.92 Å². The second-order valence-electron chi connectivity index (χ2n) is 4.57. The average Bonchev–Trinajstić information content (AvgIpc) is 2.13. The van der Waals surface area contributed by atoms with Crippen molar-refractivity contribution in [2.45, 2.75) is 51.2 Å². The Labute approximate surface area is 80.3 Å². The predicted molar refractivity (Wildman–Crippen MR) is 52.5 cm³/mol. The Morgan fingerprint density at radius 2 is 1.92 bits per heavy atom. The highest BCUT2D eigenvalue weighted by atomic mass is 19.1. The maximum Gasteiger partial charge on any atom is 0.125 e. The van der Waals surface area contributed by atoms with Crippen LogP contribution in [0.15, 0.2) is 0 Å². The van der Waals surface area contributed by atoms with Crippen LogP contribution in [0.3, 0.4) is 0 Å². The zero-order valence-corrected chi connectivity index (χ0v) is 8.51. The molecule has 2 heteroatoms. The van der Waals surface area contributed by atoms with Crippen LogP contribution in [0.4, 0.5) is 4.39 Å². The zero-order valence-electron chi connectivity index (χ0n) is 8.51. The molecule has 1 aliphatic heterocycles. The molecule has 1 nitrogen and oxygen atoms in total. The summed E-state index contributed by atoms with van der Waals surface area (Å²) in [4.78, 5) is 2.36. The van der Waals surface area contributed by atoms with Gasteiger partial charge >= 0.3 is 0 Å². The highest BCUT2D eigenvalue weighted by molar-refractivity contribution is 4.90. The van der Waals surface area contributed by atoms with E-state index in [1.54, 1.807) is 0 Å². The van der Waals surface area contributed by atoms with Gasteiger partial charge in [0.1, 0.15) is 6.17 Å². The van der Waals surface area contributed by atoms with Crippen LogP contribution in [-0.2, 0) is 0 Å². The Balaban J connectivity index is 1.87. The minimum Gasteiger partial charge on any atom is -0.294 e. The van der Waals surface area contributed by atoms with Crippen LogP contribution in [0.2, 0.25) is 0 Å². The first-order chi connectivity index (χ1) is 6.31. The lowest BCUT2D eigenvalue weighted by Crippen LogP contribution is -2.56. The van der Waals surface area contributed by atoms with Gasteiger partial charge in [-0.3, -0.25) is 4.90 Å². The summed E-state index contributed by atoms with van der Waals surface area (Å²) in [6.45, 7) is 3.69. The quantitative estimate of drug-likeness (QED) is 0.639. The number of alkyl halides is 1. The topological polar surface area (TPSA) is 3.24 Å². The number of hydrogen-bond donors (Lipinski definition) is 0. The van der Waals surface area contributed by atoms with Gasteiger partial charge < -0.3 is 0 Å². The minimum atomic E-state index is -0.528. The molecule has 76 valence electrons. The number of rotatable bonds is 2. The fraction of sp³-hybridized carbons (Fsp3) is 1.00. The van der Waals surface area contributed by atoms with E-state index in [0.29, 0.717) is 19.1 Å². The number of hydrogen-bond acceptors (Lipinski definition) is 1. The van der Waals surface area contributed by atoms with Crippen molar-refractivity contribution >= 4 is 0 Å². The van der Waals surface area contributed by atoms with Crippen LogP contribution >= 0.6 is 0 Å². The Bertz CT molecular complexity index is 165. The predicted octanol–water partition coefficient (Wildman–Crippen LogP) is 2.61. The van der Waals surface area contributed by atoms with Crippen LogP contribution in [0.25, 0.3) is 0 Å². The molecule has 2 rings (SSSR count). The molecular weight excluding hydrogens is 165 g/mol. The first kappa shape index (κ1) is 9.45. The molecule has 0 aromatic rings. The molecule has 2 unspecified atom stereocenters. The van der Waals surface area contributed by atoms with Gasteiger partial charge in [0.05, 0.1) is 0 Å². The maximum absolute atomic E-state index is 12.7. The summed E-state index contributed by atoms with van der Waals surface area (Å²) in [6.07, 6.45) is 6.17. The minimum absolute atomic E-state index is 0.528. The van der Waals surface area contributed by atoms with Crippen molar-refractivity contribution < 1.29 is 4.39 Å². The smallest absolute Gasteiger partial charge is 0.125 e. The van der Waals surface area contributed by atoms with Crippen LogP contribution in [0, 0.1) is 5.92 Å². The molecular formula is C11H20FN. The molecule has 2 aliphatic rings. The molecule has 0 aromatic heterocycles. The zero-order chi connectivity index (χ0) is 9.26. The van der Waals surface area contributed by atoms with E-state index in [2.05, 4.69) is 11.8 Å². The molecule has 2 fully saturated rings. The van der Waals surface area contributed by atoms with Gasteiger partial charge in [0, 0.05) is 19.1 Å². The van der Waals surface area contributed by atoms with Crippen molar-refractivity contribution in [1.29, 1.82) is 0 Å². The van der Waals surface area contributed by atoms with Crippen LogP contribution in [0.5, 0.6) is 0 Å². The summed E-state index contributed by atoms with van der Waals surface area (Å²) in [5.41, 5.74) is 0. The molecule has 1 aliphatic carbocycles. The average molecular weight is 185 g/mol. The maximum atomic E-state index is 12.7. The fourth-order valence-corrected chi connectivity index (χ4v) is 2.87. The van der Waals surface area contributed by atoms with Gasteiger partial charge in [0.25, 0.3) is 0 Å². The third kappa shape index (κ3) is 1.88. The number of halogens is 1. The molecule has 1 saturated carbocycles. The van der Waals surface area contributed by atoms with E-state index in [9.17, 15) is 4.39 Å². The summed E-state index contributed by atoms with van der Waals surface area (Å²) >= 11 is 0. The molecule has 0 radical (unpaired) electrons. The van der Waals surface area contributed by atoms with E-state index >= 15 is 0 Å². The second-order valence-corrected chi connectivity index (χ2v) is 4.57. The van der Waals surface area contributed by atoms with Gasteiger partial charge in [-0.05, 0) is 18.8 Å². The van der Waals surface area contributed by atoms with Gasteiger partial charge in [-0.1, -0.05) is 26.2 Å². The van der Waals surface area contributed by atoms with Gasteiger partial charge in [-0.25, -0.2) is 4.39 Å². The van der Waals surface area contributed by atoms with E-state index in [4.69, 9.17) is 0 Å². The van der Waals surface area contributed by atoms with Crippen molar-refractivity contribution in [3.05, 3.63) is 0 Å². The van der Waals surface area contributed by atoms with Crippen molar-refractivity contribution in [3.8, 4) is 0 Å². The second kappa shape index (κ2) is 3.95. The molecule has 0 amide bonds. The number of likely N-dealkylation sites (tertiary alicyclic amines) is 1. The van der Waals surface area contributed by atoms with E-state index in [0.717, 1.165) is 5.92 Å². The Morgan fingerprint density at radius 3 is 2.54 bits per heavy atom. The first-order valence-corrected chi connectivity index (χ1v) is 5.69. The fourth-order valence-electron chi connectivity index (χ4n) is 2.87. The summed E-state index contributed by atoms with van der Waals surface area (Å²) in [5.74, 6) is 0.848. The lowest BCUT2D eigenvalue weighted by molar-refractivity contribution is -0.0103. The molecule has 0 aromatic carbocycles. The molecule has 2 atom stereocenters. The molecule has 1 heterocycles. The lowest BCUT2D eigenvalue weighted by Gasteiger charge is -2.46. The van der Waals surface area contributed by atoms with Crippen LogP contribution in [-0.4, -0.2) is 30.2 Å². The highest BCUT2D eigenvalue weighted by Gasteiger charge is 2.36. The van der Waals surface area contributed by atoms with Crippen molar-refractivity contribution in [2.75, 3.05) is 13.1 Å². The SMILES string of the molecule is CCC1CCCCC1N1CC(F)C1. The first-order valence-electron chi connectivity index (χ1n) is 5.69. The third-order valence-corrected chi connectivity index (χ3v) is 3.73. The van der Waals surface area contributed by atoms with E-state index in [1.165, 1.54) is 32.1 Å². The summed E-state index contributed by atoms with van der Waals surface area (Å²) in [6, 6.07) is 0.714. The Hall–Kier alpha value is -0.110. The molecule has 13 heavy (non-hydrogen) atoms. The molecule has 0 bridgehead atoms. The lowest BCUT2D eigenvalue weighted by atomic mass is 9.81. The van der Waals surface area contributed by atoms with Crippen LogP contribution < -0.4 is 0 Å². The van der Waals surface area contributed by atoms with E-state index in [1.807, 2.05) is 0 Å². The van der Waals surface area contributed by atoms with Crippen LogP contribution in [0.1, 0.15) is 39.0 Å². The van der Waals surface area contributed by atoms with Gasteiger partial charge in [0.2, 0.25) is 0 Å². The summed E-state index contributed by atoms with van der Waals surface area (Å²) < 4.78 is 12.7. The monoisotopic (exact) mass is 185 g/mol. The van der Waals surface area contributed by atoms with Crippen molar-refractivity contribution in [1.82, 2.24) is 4.90 Å². The number of nitrogens with zero attached hydrogens (tertiary/aromatic N) is 1. The van der Waals surface area contributed by atoms with Gasteiger partial charge in [-0.15, -0.1) is 0 Å². The molecule has 0 spiro atoms. The normalized spacial score (nSPS) is 37.4. The Morgan fingerprint density at radius 1 is 1.23 bits per heavy atom. The highest BCUT2D eigenvalue weighted by Crippen LogP contribution is 2.33. The standard InChI is InChI=1S/C11H20FN/c1-2-9-5-3-4-6-11(9)13-7-10(12)8-13/h9-11H,2-8H2,1H3. The van der Waals surface area contributed by atoms with Gasteiger partial charge in [0.15, 0.2) is 0 Å². The molecule has 1 saturated heterocycles.